The first-order valence-corrected chi connectivity index (χ1v) is 3.67. The molecule has 3 nitrogen and oxygen atoms in total. The Labute approximate surface area is 77.5 Å². The van der Waals surface area contributed by atoms with Crippen molar-refractivity contribution in [2.45, 2.75) is 6.42 Å². The second-order valence-electron chi connectivity index (χ2n) is 2.33. The van der Waals surface area contributed by atoms with Crippen LogP contribution < -0.4 is 5.73 Å². The van der Waals surface area contributed by atoms with Crippen LogP contribution in [0.2, 0.25) is 5.15 Å². The molecule has 0 aliphatic rings. The quantitative estimate of drug-likeness (QED) is 0.735. The molecule has 1 aromatic rings. The predicted octanol–water partition coefficient (Wildman–Crippen LogP) is 1.04. The van der Waals surface area contributed by atoms with Crippen LogP contribution >= 0.6 is 11.6 Å². The second kappa shape index (κ2) is 3.66. The van der Waals surface area contributed by atoms with Gasteiger partial charge in [-0.05, 0) is 0 Å². The minimum atomic E-state index is -0.965. The Morgan fingerprint density at radius 1 is 1.54 bits per heavy atom. The molecule has 2 N–H and O–H groups in total. The molecule has 0 saturated carbocycles. The van der Waals surface area contributed by atoms with Gasteiger partial charge in [-0.3, -0.25) is 4.79 Å². The van der Waals surface area contributed by atoms with Crippen LogP contribution in [0.1, 0.15) is 5.69 Å². The first kappa shape index (κ1) is 9.85. The van der Waals surface area contributed by atoms with Gasteiger partial charge in [-0.25, -0.2) is 13.8 Å². The molecule has 0 atom stereocenters. The molecule has 0 fully saturated rings. The van der Waals surface area contributed by atoms with Gasteiger partial charge in [0.1, 0.15) is 5.82 Å². The van der Waals surface area contributed by atoms with E-state index in [1.807, 2.05) is 0 Å². The van der Waals surface area contributed by atoms with E-state index >= 15 is 0 Å². The highest BCUT2D eigenvalue weighted by molar-refractivity contribution is 6.29. The third-order valence-electron chi connectivity index (χ3n) is 1.30. The Morgan fingerprint density at radius 3 is 2.69 bits per heavy atom. The number of amides is 1. The summed E-state index contributed by atoms with van der Waals surface area (Å²) in [5.41, 5.74) is 4.55. The summed E-state index contributed by atoms with van der Waals surface area (Å²) < 4.78 is 25.4. The van der Waals surface area contributed by atoms with Crippen LogP contribution in [-0.4, -0.2) is 10.9 Å². The number of nitrogens with two attached hydrogens (primary N) is 1. The molecule has 0 spiro atoms. The standard InChI is InChI=1S/C7H5ClF2N2O/c8-7-4(10)1-3(9)5(12-7)2-6(11)13/h1H,2H2,(H2,11,13). The number of hydrogen-bond donors (Lipinski definition) is 1. The molecule has 0 aliphatic heterocycles. The minimum Gasteiger partial charge on any atom is -0.369 e. The molecular formula is C7H5ClF2N2O. The van der Waals surface area contributed by atoms with E-state index in [0.717, 1.165) is 0 Å². The highest BCUT2D eigenvalue weighted by Gasteiger charge is 2.11. The first-order chi connectivity index (χ1) is 6.00. The number of hydrogen-bond acceptors (Lipinski definition) is 2. The summed E-state index contributed by atoms with van der Waals surface area (Å²) >= 11 is 5.26. The summed E-state index contributed by atoms with van der Waals surface area (Å²) in [4.78, 5) is 13.7. The molecule has 1 amide bonds. The van der Waals surface area contributed by atoms with E-state index in [9.17, 15) is 13.6 Å². The lowest BCUT2D eigenvalue weighted by Gasteiger charge is -2.00. The molecule has 6 heteroatoms. The highest BCUT2D eigenvalue weighted by atomic mass is 35.5. The summed E-state index contributed by atoms with van der Waals surface area (Å²) in [5, 5.41) is -0.474. The smallest absolute Gasteiger partial charge is 0.223 e. The molecule has 70 valence electrons. The molecule has 0 radical (unpaired) electrons. The zero-order valence-corrected chi connectivity index (χ0v) is 7.11. The van der Waals surface area contributed by atoms with Crippen molar-refractivity contribution >= 4 is 17.5 Å². The molecule has 1 aromatic heterocycles. The summed E-state index contributed by atoms with van der Waals surface area (Å²) in [5.74, 6) is -2.65. The van der Waals surface area contributed by atoms with E-state index in [0.29, 0.717) is 6.07 Å². The predicted molar refractivity (Wildman–Crippen MR) is 42.1 cm³/mol. The van der Waals surface area contributed by atoms with Crippen LogP contribution in [0.5, 0.6) is 0 Å². The van der Waals surface area contributed by atoms with Crippen LogP contribution in [0.4, 0.5) is 8.78 Å². The van der Waals surface area contributed by atoms with Gasteiger partial charge < -0.3 is 5.73 Å². The van der Waals surface area contributed by atoms with Crippen molar-refractivity contribution in [1.82, 2.24) is 4.98 Å². The number of aromatic nitrogens is 1. The molecule has 0 aliphatic carbocycles. The van der Waals surface area contributed by atoms with E-state index in [2.05, 4.69) is 4.98 Å². The third-order valence-corrected chi connectivity index (χ3v) is 1.57. The van der Waals surface area contributed by atoms with Crippen LogP contribution in [0, 0.1) is 11.6 Å². The lowest BCUT2D eigenvalue weighted by atomic mass is 10.2. The minimum absolute atomic E-state index is 0.251. The molecule has 0 bridgehead atoms. The van der Waals surface area contributed by atoms with Crippen LogP contribution in [-0.2, 0) is 11.2 Å². The maximum Gasteiger partial charge on any atom is 0.223 e. The van der Waals surface area contributed by atoms with Gasteiger partial charge in [-0.2, -0.15) is 0 Å². The Balaban J connectivity index is 3.08. The van der Waals surface area contributed by atoms with Crippen LogP contribution in [0.15, 0.2) is 6.07 Å². The Kier molecular flexibility index (Phi) is 2.77. The van der Waals surface area contributed by atoms with Crippen LogP contribution in [0.3, 0.4) is 0 Å². The third kappa shape index (κ3) is 2.35. The van der Waals surface area contributed by atoms with E-state index in [1.54, 1.807) is 0 Å². The van der Waals surface area contributed by atoms with Gasteiger partial charge in [0, 0.05) is 6.07 Å². The van der Waals surface area contributed by atoms with Gasteiger partial charge in [0.25, 0.3) is 0 Å². The van der Waals surface area contributed by atoms with Gasteiger partial charge in [-0.15, -0.1) is 0 Å². The largest absolute Gasteiger partial charge is 0.369 e. The van der Waals surface area contributed by atoms with Crippen molar-refractivity contribution in [3.8, 4) is 0 Å². The summed E-state index contributed by atoms with van der Waals surface area (Å²) in [6, 6.07) is 0.563. The number of nitrogens with zero attached hydrogens (tertiary/aromatic N) is 1. The van der Waals surface area contributed by atoms with E-state index in [4.69, 9.17) is 17.3 Å². The van der Waals surface area contributed by atoms with Gasteiger partial charge >= 0.3 is 0 Å². The lowest BCUT2D eigenvalue weighted by molar-refractivity contribution is -0.117. The Hall–Kier alpha value is -1.23. The lowest BCUT2D eigenvalue weighted by Crippen LogP contribution is -2.16. The van der Waals surface area contributed by atoms with Crippen molar-refractivity contribution in [3.63, 3.8) is 0 Å². The molecule has 13 heavy (non-hydrogen) atoms. The van der Waals surface area contributed by atoms with Crippen molar-refractivity contribution < 1.29 is 13.6 Å². The fourth-order valence-corrected chi connectivity index (χ4v) is 0.925. The summed E-state index contributed by atoms with van der Waals surface area (Å²) in [6.45, 7) is 0. The normalized spacial score (nSPS) is 10.1. The average molecular weight is 207 g/mol. The van der Waals surface area contributed by atoms with Crippen molar-refractivity contribution in [2.75, 3.05) is 0 Å². The SMILES string of the molecule is NC(=O)Cc1nc(Cl)c(F)cc1F. The number of primary amides is 1. The number of halogens is 3. The van der Waals surface area contributed by atoms with Gasteiger partial charge in [0.05, 0.1) is 12.1 Å². The van der Waals surface area contributed by atoms with E-state index in [1.165, 1.54) is 0 Å². The molecular weight excluding hydrogens is 202 g/mol. The summed E-state index contributed by atoms with van der Waals surface area (Å²) in [6.07, 6.45) is -0.397. The Morgan fingerprint density at radius 2 is 2.15 bits per heavy atom. The zero-order chi connectivity index (χ0) is 10.0. The van der Waals surface area contributed by atoms with E-state index < -0.39 is 29.1 Å². The van der Waals surface area contributed by atoms with Gasteiger partial charge in [0.2, 0.25) is 5.91 Å². The number of carbonyl (C=O) groups excluding carboxylic acids is 1. The van der Waals surface area contributed by atoms with Crippen LogP contribution in [0.25, 0.3) is 0 Å². The van der Waals surface area contributed by atoms with Gasteiger partial charge in [-0.1, -0.05) is 11.6 Å². The van der Waals surface area contributed by atoms with E-state index in [-0.39, 0.29) is 5.69 Å². The van der Waals surface area contributed by atoms with Crippen molar-refractivity contribution in [1.29, 1.82) is 0 Å². The summed E-state index contributed by atoms with van der Waals surface area (Å²) in [7, 11) is 0. The molecule has 1 rings (SSSR count). The van der Waals surface area contributed by atoms with Crippen molar-refractivity contribution in [3.05, 3.63) is 28.5 Å². The average Bonchev–Trinajstić information content (AvgIpc) is 1.99. The van der Waals surface area contributed by atoms with Gasteiger partial charge in [0.15, 0.2) is 11.0 Å². The molecule has 0 aromatic carbocycles. The second-order valence-corrected chi connectivity index (χ2v) is 2.69. The monoisotopic (exact) mass is 206 g/mol. The first-order valence-electron chi connectivity index (χ1n) is 3.29. The number of rotatable bonds is 2. The molecule has 1 heterocycles. The fraction of sp³-hybridized carbons (Fsp3) is 0.143. The highest BCUT2D eigenvalue weighted by Crippen LogP contribution is 2.15. The number of carbonyl (C=O) groups is 1. The fourth-order valence-electron chi connectivity index (χ4n) is 0.768. The van der Waals surface area contributed by atoms with Crippen molar-refractivity contribution in [2.24, 2.45) is 5.73 Å². The topological polar surface area (TPSA) is 56.0 Å². The Bertz CT molecular complexity index is 357. The molecule has 0 saturated heterocycles. The zero-order valence-electron chi connectivity index (χ0n) is 6.35. The number of pyridine rings is 1. The maximum atomic E-state index is 12.8. The maximum absolute atomic E-state index is 12.8. The molecule has 0 unspecified atom stereocenters.